The van der Waals surface area contributed by atoms with E-state index in [0.717, 1.165) is 0 Å². The minimum atomic E-state index is -0.542. The number of hydrogen-bond donors (Lipinski definition) is 0. The predicted octanol–water partition coefficient (Wildman–Crippen LogP) is 5.46. The molecular formula is C23H25PS. The highest BCUT2D eigenvalue weighted by molar-refractivity contribution is 7.99. The van der Waals surface area contributed by atoms with Gasteiger partial charge in [0.05, 0.1) is 0 Å². The molecule has 0 atom stereocenters. The first-order chi connectivity index (χ1) is 12.0. The summed E-state index contributed by atoms with van der Waals surface area (Å²) in [4.78, 5) is 1.39. The zero-order valence-electron chi connectivity index (χ0n) is 15.4. The second-order valence-electron chi connectivity index (χ2n) is 7.14. The number of benzene rings is 3. The highest BCUT2D eigenvalue weighted by Crippen LogP contribution is 2.37. The Bertz CT molecular complexity index is 780. The average Bonchev–Trinajstić information content (AvgIpc) is 2.63. The molecule has 0 radical (unpaired) electrons. The molecule has 0 saturated carbocycles. The molecule has 0 aromatic heterocycles. The van der Waals surface area contributed by atoms with Crippen LogP contribution in [0.1, 0.15) is 26.3 Å². The fourth-order valence-corrected chi connectivity index (χ4v) is 6.28. The first-order valence-corrected chi connectivity index (χ1v) is 11.2. The van der Waals surface area contributed by atoms with Gasteiger partial charge in [0.15, 0.2) is 0 Å². The van der Waals surface area contributed by atoms with Crippen molar-refractivity contribution in [3.05, 3.63) is 84.4 Å². The van der Waals surface area contributed by atoms with E-state index in [-0.39, 0.29) is 5.41 Å². The molecule has 0 heterocycles. The second kappa shape index (κ2) is 7.77. The Morgan fingerprint density at radius 3 is 1.68 bits per heavy atom. The molecule has 0 aliphatic rings. The van der Waals surface area contributed by atoms with Crippen LogP contribution < -0.4 is 15.9 Å². The molecule has 0 amide bonds. The molecule has 0 aliphatic heterocycles. The maximum atomic E-state index is 2.39. The van der Waals surface area contributed by atoms with Gasteiger partial charge in [0.1, 0.15) is 0 Å². The molecule has 3 rings (SSSR count). The maximum Gasteiger partial charge on any atom is 0.0156 e. The Labute approximate surface area is 157 Å². The Hall–Kier alpha value is -1.56. The molecule has 0 N–H and O–H groups in total. The lowest BCUT2D eigenvalue weighted by atomic mass is 9.87. The van der Waals surface area contributed by atoms with E-state index in [4.69, 9.17) is 0 Å². The fourth-order valence-electron chi connectivity index (χ4n) is 2.91. The molecule has 0 nitrogen and oxygen atoms in total. The Morgan fingerprint density at radius 2 is 1.24 bits per heavy atom. The van der Waals surface area contributed by atoms with Crippen molar-refractivity contribution in [3.63, 3.8) is 0 Å². The summed E-state index contributed by atoms with van der Waals surface area (Å²) in [5.74, 6) is 0. The van der Waals surface area contributed by atoms with Crippen molar-refractivity contribution in [1.29, 1.82) is 0 Å². The third kappa shape index (κ3) is 4.17. The van der Waals surface area contributed by atoms with Crippen molar-refractivity contribution in [2.24, 2.45) is 0 Å². The third-order valence-electron chi connectivity index (χ3n) is 4.32. The van der Waals surface area contributed by atoms with E-state index >= 15 is 0 Å². The fraction of sp³-hybridized carbons (Fsp3) is 0.217. The van der Waals surface area contributed by atoms with Gasteiger partial charge in [-0.1, -0.05) is 93.6 Å². The van der Waals surface area contributed by atoms with Crippen LogP contribution in [-0.4, -0.2) is 6.26 Å². The molecule has 3 aromatic rings. The molecule has 0 aliphatic carbocycles. The van der Waals surface area contributed by atoms with E-state index in [1.165, 1.54) is 26.4 Å². The number of rotatable bonds is 4. The molecule has 128 valence electrons. The van der Waals surface area contributed by atoms with E-state index in [1.807, 2.05) is 11.8 Å². The lowest BCUT2D eigenvalue weighted by molar-refractivity contribution is 0.589. The SMILES string of the molecule is CSc1cc(C(C)(C)C)ccc1P(c1ccccc1)c1ccccc1. The zero-order chi connectivity index (χ0) is 17.9. The zero-order valence-corrected chi connectivity index (χ0v) is 17.1. The van der Waals surface area contributed by atoms with E-state index in [9.17, 15) is 0 Å². The summed E-state index contributed by atoms with van der Waals surface area (Å²) in [6.07, 6.45) is 2.19. The number of hydrogen-bond acceptors (Lipinski definition) is 1. The normalized spacial score (nSPS) is 11.7. The van der Waals surface area contributed by atoms with Gasteiger partial charge in [0.25, 0.3) is 0 Å². The van der Waals surface area contributed by atoms with Gasteiger partial charge in [-0.2, -0.15) is 0 Å². The Kier molecular flexibility index (Phi) is 5.67. The van der Waals surface area contributed by atoms with Gasteiger partial charge in [-0.25, -0.2) is 0 Å². The van der Waals surface area contributed by atoms with Crippen molar-refractivity contribution in [3.8, 4) is 0 Å². The second-order valence-corrected chi connectivity index (χ2v) is 10.2. The Morgan fingerprint density at radius 1 is 0.720 bits per heavy atom. The summed E-state index contributed by atoms with van der Waals surface area (Å²) < 4.78 is 0. The van der Waals surface area contributed by atoms with Crippen LogP contribution in [0.3, 0.4) is 0 Å². The van der Waals surface area contributed by atoms with Gasteiger partial charge in [-0.05, 0) is 47.1 Å². The van der Waals surface area contributed by atoms with Gasteiger partial charge in [0.2, 0.25) is 0 Å². The van der Waals surface area contributed by atoms with Crippen LogP contribution >= 0.6 is 19.7 Å². The van der Waals surface area contributed by atoms with Crippen molar-refractivity contribution >= 4 is 35.6 Å². The van der Waals surface area contributed by atoms with Gasteiger partial charge in [-0.15, -0.1) is 11.8 Å². The van der Waals surface area contributed by atoms with Crippen molar-refractivity contribution in [2.45, 2.75) is 31.1 Å². The van der Waals surface area contributed by atoms with Gasteiger partial charge in [-0.3, -0.25) is 0 Å². The van der Waals surface area contributed by atoms with Gasteiger partial charge >= 0.3 is 0 Å². The van der Waals surface area contributed by atoms with Crippen LogP contribution in [0.5, 0.6) is 0 Å². The highest BCUT2D eigenvalue weighted by Gasteiger charge is 2.21. The standard InChI is InChI=1S/C23H25PS/c1-23(2,3)18-15-16-21(22(17-18)25-4)24(19-11-7-5-8-12-19)20-13-9-6-10-14-20/h5-17H,1-4H3. The van der Waals surface area contributed by atoms with Crippen LogP contribution in [0.4, 0.5) is 0 Å². The van der Waals surface area contributed by atoms with Crippen molar-refractivity contribution in [2.75, 3.05) is 6.26 Å². The minimum Gasteiger partial charge on any atom is -0.129 e. The van der Waals surface area contributed by atoms with E-state index in [1.54, 1.807) is 0 Å². The first kappa shape index (κ1) is 18.2. The van der Waals surface area contributed by atoms with E-state index in [2.05, 4.69) is 106 Å². The van der Waals surface area contributed by atoms with E-state index < -0.39 is 7.92 Å². The lowest BCUT2D eigenvalue weighted by Crippen LogP contribution is -2.23. The predicted molar refractivity (Wildman–Crippen MR) is 116 cm³/mol. The van der Waals surface area contributed by atoms with Crippen LogP contribution in [0.25, 0.3) is 0 Å². The van der Waals surface area contributed by atoms with Gasteiger partial charge < -0.3 is 0 Å². The minimum absolute atomic E-state index is 0.172. The van der Waals surface area contributed by atoms with Crippen molar-refractivity contribution < 1.29 is 0 Å². The summed E-state index contributed by atoms with van der Waals surface area (Å²) in [6, 6.07) is 28.9. The number of thioether (sulfide) groups is 1. The van der Waals surface area contributed by atoms with Crippen LogP contribution in [-0.2, 0) is 5.41 Å². The monoisotopic (exact) mass is 364 g/mol. The molecule has 0 saturated heterocycles. The van der Waals surface area contributed by atoms with Crippen molar-refractivity contribution in [1.82, 2.24) is 0 Å². The van der Waals surface area contributed by atoms with Gasteiger partial charge in [0, 0.05) is 4.90 Å². The summed E-state index contributed by atoms with van der Waals surface area (Å²) in [5, 5.41) is 4.26. The molecule has 0 unspecified atom stereocenters. The average molecular weight is 364 g/mol. The molecule has 25 heavy (non-hydrogen) atoms. The third-order valence-corrected chi connectivity index (χ3v) is 7.75. The highest BCUT2D eigenvalue weighted by atomic mass is 32.2. The molecule has 2 heteroatoms. The quantitative estimate of drug-likeness (QED) is 0.437. The molecule has 0 fully saturated rings. The molecule has 0 bridgehead atoms. The summed E-state index contributed by atoms with van der Waals surface area (Å²) in [5.41, 5.74) is 1.57. The Balaban J connectivity index is 2.17. The van der Waals surface area contributed by atoms with Crippen LogP contribution in [0.2, 0.25) is 0 Å². The summed E-state index contributed by atoms with van der Waals surface area (Å²) in [7, 11) is -0.542. The smallest absolute Gasteiger partial charge is 0.0156 e. The maximum absolute atomic E-state index is 2.39. The molecule has 3 aromatic carbocycles. The molecule has 0 spiro atoms. The topological polar surface area (TPSA) is 0 Å². The van der Waals surface area contributed by atoms with Crippen LogP contribution in [0.15, 0.2) is 83.8 Å². The molecular weight excluding hydrogens is 339 g/mol. The largest absolute Gasteiger partial charge is 0.129 e. The lowest BCUT2D eigenvalue weighted by Gasteiger charge is -2.25. The van der Waals surface area contributed by atoms with E-state index in [0.29, 0.717) is 0 Å². The summed E-state index contributed by atoms with van der Waals surface area (Å²) in [6.45, 7) is 6.84. The summed E-state index contributed by atoms with van der Waals surface area (Å²) >= 11 is 1.86. The van der Waals surface area contributed by atoms with Crippen LogP contribution in [0, 0.1) is 0 Å². The first-order valence-electron chi connectivity index (χ1n) is 8.59.